The van der Waals surface area contributed by atoms with Gasteiger partial charge in [-0.15, -0.1) is 0 Å². The topological polar surface area (TPSA) is 64.6 Å². The Morgan fingerprint density at radius 1 is 1.37 bits per heavy atom. The minimum absolute atomic E-state index is 0.129. The average molecular weight is 263 g/mol. The summed E-state index contributed by atoms with van der Waals surface area (Å²) in [6.45, 7) is 2.64. The highest BCUT2D eigenvalue weighted by atomic mass is 16.5. The van der Waals surface area contributed by atoms with Crippen molar-refractivity contribution in [3.05, 3.63) is 29.8 Å². The van der Waals surface area contributed by atoms with Crippen LogP contribution in [0.25, 0.3) is 0 Å². The third-order valence-corrected chi connectivity index (χ3v) is 2.89. The summed E-state index contributed by atoms with van der Waals surface area (Å²) in [5.74, 6) is -0.0939. The Bertz CT molecular complexity index is 449. The van der Waals surface area contributed by atoms with Crippen LogP contribution < -0.4 is 10.1 Å². The van der Waals surface area contributed by atoms with Crippen LogP contribution in [0.15, 0.2) is 24.3 Å². The molecule has 0 bridgehead atoms. The number of hydrogen-bond donors (Lipinski definition) is 1. The van der Waals surface area contributed by atoms with Crippen molar-refractivity contribution in [3.63, 3.8) is 0 Å². The SMILES string of the molecule is CC(=O)Oc1ccc(C(=O)NC[C@@H]2CCCO2)cc1. The van der Waals surface area contributed by atoms with E-state index in [-0.39, 0.29) is 18.0 Å². The second-order valence-corrected chi connectivity index (χ2v) is 4.46. The molecule has 1 amide bonds. The quantitative estimate of drug-likeness (QED) is 0.660. The van der Waals surface area contributed by atoms with Gasteiger partial charge in [-0.3, -0.25) is 9.59 Å². The first-order valence-electron chi connectivity index (χ1n) is 6.33. The molecule has 0 radical (unpaired) electrons. The van der Waals surface area contributed by atoms with Gasteiger partial charge in [0, 0.05) is 25.6 Å². The van der Waals surface area contributed by atoms with Gasteiger partial charge >= 0.3 is 5.97 Å². The van der Waals surface area contributed by atoms with E-state index in [4.69, 9.17) is 9.47 Å². The highest BCUT2D eigenvalue weighted by Crippen LogP contribution is 2.13. The first-order valence-corrected chi connectivity index (χ1v) is 6.33. The molecule has 0 aliphatic carbocycles. The minimum atomic E-state index is -0.379. The Kier molecular flexibility index (Phi) is 4.52. The van der Waals surface area contributed by atoms with Crippen LogP contribution in [-0.2, 0) is 9.53 Å². The number of esters is 1. The Morgan fingerprint density at radius 3 is 2.68 bits per heavy atom. The number of nitrogens with one attached hydrogen (secondary N) is 1. The van der Waals surface area contributed by atoms with Crippen molar-refractivity contribution in [1.29, 1.82) is 0 Å². The normalized spacial score (nSPS) is 18.1. The van der Waals surface area contributed by atoms with Crippen molar-refractivity contribution in [2.24, 2.45) is 0 Å². The molecule has 1 saturated heterocycles. The summed E-state index contributed by atoms with van der Waals surface area (Å²) in [5.41, 5.74) is 0.536. The predicted octanol–water partition coefficient (Wildman–Crippen LogP) is 1.52. The van der Waals surface area contributed by atoms with Gasteiger partial charge in [-0.25, -0.2) is 0 Å². The van der Waals surface area contributed by atoms with Gasteiger partial charge in [-0.1, -0.05) is 0 Å². The van der Waals surface area contributed by atoms with Gasteiger partial charge < -0.3 is 14.8 Å². The molecule has 0 aromatic heterocycles. The lowest BCUT2D eigenvalue weighted by atomic mass is 10.2. The number of carbonyl (C=O) groups excluding carboxylic acids is 2. The Balaban J connectivity index is 1.86. The molecule has 102 valence electrons. The largest absolute Gasteiger partial charge is 0.427 e. The van der Waals surface area contributed by atoms with E-state index in [1.807, 2.05) is 0 Å². The summed E-state index contributed by atoms with van der Waals surface area (Å²) < 4.78 is 10.3. The molecule has 19 heavy (non-hydrogen) atoms. The summed E-state index contributed by atoms with van der Waals surface area (Å²) in [6.07, 6.45) is 2.17. The fourth-order valence-corrected chi connectivity index (χ4v) is 1.95. The second-order valence-electron chi connectivity index (χ2n) is 4.46. The summed E-state index contributed by atoms with van der Waals surface area (Å²) in [7, 11) is 0. The standard InChI is InChI=1S/C14H17NO4/c1-10(16)19-12-6-4-11(5-7-12)14(17)15-9-13-3-2-8-18-13/h4-7,13H,2-3,8-9H2,1H3,(H,15,17)/t13-/m0/s1. The average Bonchev–Trinajstić information content (AvgIpc) is 2.89. The van der Waals surface area contributed by atoms with E-state index < -0.39 is 0 Å². The van der Waals surface area contributed by atoms with Gasteiger partial charge in [0.15, 0.2) is 0 Å². The van der Waals surface area contributed by atoms with Gasteiger partial charge in [0.05, 0.1) is 6.10 Å². The Hall–Kier alpha value is -1.88. The molecule has 1 aromatic rings. The summed E-state index contributed by atoms with van der Waals surface area (Å²) in [5, 5.41) is 2.83. The molecule has 5 heteroatoms. The third kappa shape index (κ3) is 4.06. The maximum Gasteiger partial charge on any atom is 0.308 e. The first kappa shape index (κ1) is 13.5. The lowest BCUT2D eigenvalue weighted by Gasteiger charge is -2.10. The minimum Gasteiger partial charge on any atom is -0.427 e. The third-order valence-electron chi connectivity index (χ3n) is 2.89. The summed E-state index contributed by atoms with van der Waals surface area (Å²) in [6, 6.07) is 6.46. The molecule has 0 spiro atoms. The van der Waals surface area contributed by atoms with Crippen LogP contribution in [0, 0.1) is 0 Å². The molecule has 1 aromatic carbocycles. The van der Waals surface area contributed by atoms with E-state index in [9.17, 15) is 9.59 Å². The number of amides is 1. The summed E-state index contributed by atoms with van der Waals surface area (Å²) in [4.78, 5) is 22.6. The molecular weight excluding hydrogens is 246 g/mol. The molecule has 1 heterocycles. The van der Waals surface area contributed by atoms with E-state index in [2.05, 4.69) is 5.32 Å². The van der Waals surface area contributed by atoms with Crippen LogP contribution in [-0.4, -0.2) is 31.1 Å². The van der Waals surface area contributed by atoms with Crippen molar-refractivity contribution in [3.8, 4) is 5.75 Å². The molecule has 1 fully saturated rings. The van der Waals surface area contributed by atoms with Crippen LogP contribution >= 0.6 is 0 Å². The number of carbonyl (C=O) groups is 2. The number of rotatable bonds is 4. The highest BCUT2D eigenvalue weighted by molar-refractivity contribution is 5.94. The number of benzene rings is 1. The molecule has 2 rings (SSSR count). The van der Waals surface area contributed by atoms with Gasteiger partial charge in [0.1, 0.15) is 5.75 Å². The van der Waals surface area contributed by atoms with Crippen molar-refractivity contribution in [2.75, 3.05) is 13.2 Å². The Labute approximate surface area is 111 Å². The number of hydrogen-bond acceptors (Lipinski definition) is 4. The van der Waals surface area contributed by atoms with Gasteiger partial charge in [0.2, 0.25) is 0 Å². The van der Waals surface area contributed by atoms with Crippen LogP contribution in [0.1, 0.15) is 30.1 Å². The zero-order valence-corrected chi connectivity index (χ0v) is 10.8. The molecule has 5 nitrogen and oxygen atoms in total. The Morgan fingerprint density at radius 2 is 2.11 bits per heavy atom. The van der Waals surface area contributed by atoms with Crippen LogP contribution in [0.5, 0.6) is 5.75 Å². The first-order chi connectivity index (χ1) is 9.15. The van der Waals surface area contributed by atoms with Crippen molar-refractivity contribution in [1.82, 2.24) is 5.32 Å². The van der Waals surface area contributed by atoms with E-state index in [0.717, 1.165) is 19.4 Å². The van der Waals surface area contributed by atoms with Gasteiger partial charge in [-0.2, -0.15) is 0 Å². The lowest BCUT2D eigenvalue weighted by Crippen LogP contribution is -2.31. The zero-order valence-electron chi connectivity index (χ0n) is 10.8. The molecule has 1 N–H and O–H groups in total. The maximum atomic E-state index is 11.9. The van der Waals surface area contributed by atoms with E-state index in [1.54, 1.807) is 24.3 Å². The fourth-order valence-electron chi connectivity index (χ4n) is 1.95. The van der Waals surface area contributed by atoms with Gasteiger partial charge in [-0.05, 0) is 37.1 Å². The van der Waals surface area contributed by atoms with Crippen molar-refractivity contribution in [2.45, 2.75) is 25.9 Å². The van der Waals surface area contributed by atoms with Crippen LogP contribution in [0.4, 0.5) is 0 Å². The van der Waals surface area contributed by atoms with E-state index >= 15 is 0 Å². The fraction of sp³-hybridized carbons (Fsp3) is 0.429. The van der Waals surface area contributed by atoms with Gasteiger partial charge in [0.25, 0.3) is 5.91 Å². The maximum absolute atomic E-state index is 11.9. The molecule has 1 atom stereocenters. The van der Waals surface area contributed by atoms with Crippen LogP contribution in [0.2, 0.25) is 0 Å². The molecule has 1 aliphatic rings. The van der Waals surface area contributed by atoms with Crippen molar-refractivity contribution >= 4 is 11.9 Å². The highest BCUT2D eigenvalue weighted by Gasteiger charge is 2.16. The summed E-state index contributed by atoms with van der Waals surface area (Å²) >= 11 is 0. The molecule has 0 unspecified atom stereocenters. The molecular formula is C14H17NO4. The number of ether oxygens (including phenoxy) is 2. The second kappa shape index (κ2) is 6.33. The lowest BCUT2D eigenvalue weighted by molar-refractivity contribution is -0.131. The monoisotopic (exact) mass is 263 g/mol. The molecule has 0 saturated carbocycles. The predicted molar refractivity (Wildman–Crippen MR) is 69.1 cm³/mol. The smallest absolute Gasteiger partial charge is 0.308 e. The van der Waals surface area contributed by atoms with Crippen LogP contribution in [0.3, 0.4) is 0 Å². The zero-order chi connectivity index (χ0) is 13.7. The van der Waals surface area contributed by atoms with Crippen molar-refractivity contribution < 1.29 is 19.1 Å². The molecule has 1 aliphatic heterocycles. The van der Waals surface area contributed by atoms with E-state index in [0.29, 0.717) is 17.9 Å². The van der Waals surface area contributed by atoms with E-state index in [1.165, 1.54) is 6.92 Å².